The van der Waals surface area contributed by atoms with Crippen molar-refractivity contribution >= 4 is 11.0 Å². The van der Waals surface area contributed by atoms with E-state index in [1.165, 1.54) is 0 Å². The van der Waals surface area contributed by atoms with E-state index < -0.39 is 0 Å². The molecular weight excluding hydrogens is 314 g/mol. The minimum absolute atomic E-state index is 0.786. The molecule has 4 aromatic rings. The molecule has 5 heteroatoms. The van der Waals surface area contributed by atoms with E-state index in [9.17, 15) is 0 Å². The number of benzene rings is 2. The number of H-pyrrole nitrogens is 1. The molecular formula is C20H17N3O2. The summed E-state index contributed by atoms with van der Waals surface area (Å²) in [5.74, 6) is 1.60. The molecule has 0 aliphatic heterocycles. The topological polar surface area (TPSA) is 60.0 Å². The van der Waals surface area contributed by atoms with Crippen molar-refractivity contribution in [1.82, 2.24) is 15.0 Å². The molecule has 0 spiro atoms. The van der Waals surface area contributed by atoms with Gasteiger partial charge in [-0.05, 0) is 18.2 Å². The summed E-state index contributed by atoms with van der Waals surface area (Å²) in [7, 11) is 3.33. The van der Waals surface area contributed by atoms with Crippen molar-refractivity contribution in [2.75, 3.05) is 14.2 Å². The van der Waals surface area contributed by atoms with Gasteiger partial charge >= 0.3 is 0 Å². The Labute approximate surface area is 145 Å². The SMILES string of the molecule is COc1cccc(-c2ncnc3[nH]cc(-c4ccccc4OC)c23)c1. The number of aromatic nitrogens is 3. The summed E-state index contributed by atoms with van der Waals surface area (Å²) < 4.78 is 10.9. The summed E-state index contributed by atoms with van der Waals surface area (Å²) in [5.41, 5.74) is 4.61. The van der Waals surface area contributed by atoms with Crippen molar-refractivity contribution in [3.05, 3.63) is 61.1 Å². The van der Waals surface area contributed by atoms with Gasteiger partial charge in [0.25, 0.3) is 0 Å². The molecule has 25 heavy (non-hydrogen) atoms. The van der Waals surface area contributed by atoms with Gasteiger partial charge in [-0.15, -0.1) is 0 Å². The summed E-state index contributed by atoms with van der Waals surface area (Å²) in [5, 5.41) is 0.959. The largest absolute Gasteiger partial charge is 0.497 e. The Morgan fingerprint density at radius 2 is 1.76 bits per heavy atom. The van der Waals surface area contributed by atoms with E-state index in [2.05, 4.69) is 15.0 Å². The van der Waals surface area contributed by atoms with Crippen LogP contribution in [-0.2, 0) is 0 Å². The molecule has 0 aliphatic rings. The maximum absolute atomic E-state index is 5.53. The lowest BCUT2D eigenvalue weighted by Gasteiger charge is -2.09. The highest BCUT2D eigenvalue weighted by molar-refractivity contribution is 6.03. The molecule has 1 N–H and O–H groups in total. The number of rotatable bonds is 4. The summed E-state index contributed by atoms with van der Waals surface area (Å²) in [4.78, 5) is 12.2. The molecule has 0 unspecified atom stereocenters. The lowest BCUT2D eigenvalue weighted by molar-refractivity contribution is 0.415. The minimum Gasteiger partial charge on any atom is -0.497 e. The highest BCUT2D eigenvalue weighted by Gasteiger charge is 2.16. The number of ether oxygens (including phenoxy) is 2. The predicted octanol–water partition coefficient (Wildman–Crippen LogP) is 4.31. The normalized spacial score (nSPS) is 10.8. The smallest absolute Gasteiger partial charge is 0.141 e. The summed E-state index contributed by atoms with van der Waals surface area (Å²) in [6.45, 7) is 0. The molecule has 0 saturated carbocycles. The fraction of sp³-hybridized carbons (Fsp3) is 0.100. The van der Waals surface area contributed by atoms with Gasteiger partial charge < -0.3 is 14.5 Å². The average Bonchev–Trinajstić information content (AvgIpc) is 3.12. The van der Waals surface area contributed by atoms with Gasteiger partial charge in [0.2, 0.25) is 0 Å². The molecule has 0 saturated heterocycles. The van der Waals surface area contributed by atoms with Crippen molar-refractivity contribution in [3.8, 4) is 33.9 Å². The maximum atomic E-state index is 5.53. The lowest BCUT2D eigenvalue weighted by Crippen LogP contribution is -1.91. The van der Waals surface area contributed by atoms with Gasteiger partial charge in [-0.2, -0.15) is 0 Å². The van der Waals surface area contributed by atoms with E-state index in [1.54, 1.807) is 20.5 Å². The van der Waals surface area contributed by atoms with Crippen LogP contribution in [0.1, 0.15) is 0 Å². The fourth-order valence-corrected chi connectivity index (χ4v) is 3.03. The second-order valence-corrected chi connectivity index (χ2v) is 5.58. The Balaban J connectivity index is 1.99. The monoisotopic (exact) mass is 331 g/mol. The molecule has 0 radical (unpaired) electrons. The van der Waals surface area contributed by atoms with Crippen LogP contribution < -0.4 is 9.47 Å². The van der Waals surface area contributed by atoms with E-state index in [4.69, 9.17) is 9.47 Å². The summed E-state index contributed by atoms with van der Waals surface area (Å²) in [6, 6.07) is 15.8. The highest BCUT2D eigenvalue weighted by atomic mass is 16.5. The van der Waals surface area contributed by atoms with Crippen LogP contribution in [0.3, 0.4) is 0 Å². The Morgan fingerprint density at radius 3 is 2.60 bits per heavy atom. The van der Waals surface area contributed by atoms with Gasteiger partial charge in [0.05, 0.1) is 25.3 Å². The molecule has 0 atom stereocenters. The Kier molecular flexibility index (Phi) is 3.82. The molecule has 2 aromatic heterocycles. The van der Waals surface area contributed by atoms with Crippen LogP contribution >= 0.6 is 0 Å². The van der Waals surface area contributed by atoms with E-state index in [1.807, 2.05) is 54.7 Å². The quantitative estimate of drug-likeness (QED) is 0.605. The first kappa shape index (κ1) is 15.2. The molecule has 2 heterocycles. The van der Waals surface area contributed by atoms with E-state index in [0.717, 1.165) is 44.9 Å². The van der Waals surface area contributed by atoms with Crippen LogP contribution in [0.15, 0.2) is 61.1 Å². The molecule has 2 aromatic carbocycles. The average molecular weight is 331 g/mol. The first-order valence-corrected chi connectivity index (χ1v) is 7.91. The van der Waals surface area contributed by atoms with Crippen molar-refractivity contribution in [3.63, 3.8) is 0 Å². The van der Waals surface area contributed by atoms with Gasteiger partial charge in [-0.1, -0.05) is 30.3 Å². The summed E-state index contributed by atoms with van der Waals surface area (Å²) >= 11 is 0. The zero-order valence-corrected chi connectivity index (χ0v) is 14.0. The van der Waals surface area contributed by atoms with Crippen molar-refractivity contribution in [2.24, 2.45) is 0 Å². The number of hydrogen-bond donors (Lipinski definition) is 1. The minimum atomic E-state index is 0.786. The second-order valence-electron chi connectivity index (χ2n) is 5.58. The third-order valence-corrected chi connectivity index (χ3v) is 4.21. The number of nitrogens with one attached hydrogen (secondary N) is 1. The second kappa shape index (κ2) is 6.28. The molecule has 0 aliphatic carbocycles. The van der Waals surface area contributed by atoms with Crippen LogP contribution in [0.2, 0.25) is 0 Å². The van der Waals surface area contributed by atoms with E-state index in [0.29, 0.717) is 0 Å². The van der Waals surface area contributed by atoms with Gasteiger partial charge in [0.15, 0.2) is 0 Å². The van der Waals surface area contributed by atoms with Crippen LogP contribution in [0.5, 0.6) is 11.5 Å². The molecule has 0 bridgehead atoms. The zero-order valence-electron chi connectivity index (χ0n) is 14.0. The molecule has 124 valence electrons. The Hall–Kier alpha value is -3.34. The summed E-state index contributed by atoms with van der Waals surface area (Å²) in [6.07, 6.45) is 3.51. The van der Waals surface area contributed by atoms with Crippen LogP contribution in [0.4, 0.5) is 0 Å². The van der Waals surface area contributed by atoms with Crippen LogP contribution in [-0.4, -0.2) is 29.2 Å². The first-order chi connectivity index (χ1) is 12.3. The number of fused-ring (bicyclic) bond motifs is 1. The standard InChI is InChI=1S/C20H17N3O2/c1-24-14-7-5-6-13(10-14)19-18-16(11-21-20(18)23-12-22-19)15-8-3-4-9-17(15)25-2/h3-12H,1-2H3,(H,21,22,23). The Morgan fingerprint density at radius 1 is 0.880 bits per heavy atom. The molecule has 0 amide bonds. The zero-order chi connectivity index (χ0) is 17.2. The third kappa shape index (κ3) is 2.59. The molecule has 0 fully saturated rings. The van der Waals surface area contributed by atoms with Crippen LogP contribution in [0, 0.1) is 0 Å². The van der Waals surface area contributed by atoms with Crippen LogP contribution in [0.25, 0.3) is 33.4 Å². The van der Waals surface area contributed by atoms with E-state index in [-0.39, 0.29) is 0 Å². The van der Waals surface area contributed by atoms with Crippen molar-refractivity contribution in [2.45, 2.75) is 0 Å². The molecule has 4 rings (SSSR count). The van der Waals surface area contributed by atoms with Gasteiger partial charge in [0, 0.05) is 22.9 Å². The van der Waals surface area contributed by atoms with Gasteiger partial charge in [-0.25, -0.2) is 9.97 Å². The van der Waals surface area contributed by atoms with Crippen molar-refractivity contribution in [1.29, 1.82) is 0 Å². The number of para-hydroxylation sites is 1. The Bertz CT molecular complexity index is 1040. The third-order valence-electron chi connectivity index (χ3n) is 4.21. The highest BCUT2D eigenvalue weighted by Crippen LogP contribution is 2.38. The van der Waals surface area contributed by atoms with Crippen molar-refractivity contribution < 1.29 is 9.47 Å². The number of hydrogen-bond acceptors (Lipinski definition) is 4. The number of nitrogens with zero attached hydrogens (tertiary/aromatic N) is 2. The van der Waals surface area contributed by atoms with Gasteiger partial charge in [0.1, 0.15) is 23.5 Å². The fourth-order valence-electron chi connectivity index (χ4n) is 3.03. The first-order valence-electron chi connectivity index (χ1n) is 7.91. The predicted molar refractivity (Wildman–Crippen MR) is 97.9 cm³/mol. The number of aromatic amines is 1. The maximum Gasteiger partial charge on any atom is 0.141 e. The van der Waals surface area contributed by atoms with Gasteiger partial charge in [-0.3, -0.25) is 0 Å². The van der Waals surface area contributed by atoms with E-state index >= 15 is 0 Å². The number of methoxy groups -OCH3 is 2. The lowest BCUT2D eigenvalue weighted by atomic mass is 10.0. The molecule has 5 nitrogen and oxygen atoms in total.